The van der Waals surface area contributed by atoms with E-state index in [1.165, 1.54) is 13.0 Å². The molecule has 0 amide bonds. The highest BCUT2D eigenvalue weighted by molar-refractivity contribution is 4.81. The van der Waals surface area contributed by atoms with Gasteiger partial charge in [0.05, 0.1) is 6.61 Å². The first-order valence-corrected chi connectivity index (χ1v) is 6.64. The Labute approximate surface area is 101 Å². The molecule has 96 valence electrons. The maximum atomic E-state index is 5.48. The zero-order valence-electron chi connectivity index (χ0n) is 11.3. The molecule has 0 bridgehead atoms. The van der Waals surface area contributed by atoms with Gasteiger partial charge in [0.25, 0.3) is 0 Å². The molecule has 0 aliphatic carbocycles. The van der Waals surface area contributed by atoms with Gasteiger partial charge in [-0.25, -0.2) is 0 Å². The third-order valence-corrected chi connectivity index (χ3v) is 3.43. The molecule has 0 aromatic carbocycles. The van der Waals surface area contributed by atoms with E-state index in [1.54, 1.807) is 0 Å². The molecule has 3 heteroatoms. The number of nitrogens with zero attached hydrogens (tertiary/aromatic N) is 1. The Balaban J connectivity index is 2.39. The highest BCUT2D eigenvalue weighted by Crippen LogP contribution is 2.17. The van der Waals surface area contributed by atoms with Crippen LogP contribution in [0.15, 0.2) is 0 Å². The fourth-order valence-corrected chi connectivity index (χ4v) is 2.47. The van der Waals surface area contributed by atoms with Crippen molar-refractivity contribution in [2.45, 2.75) is 33.2 Å². The van der Waals surface area contributed by atoms with Gasteiger partial charge in [-0.1, -0.05) is 20.8 Å². The Morgan fingerprint density at radius 1 is 1.38 bits per heavy atom. The maximum Gasteiger partial charge on any atom is 0.0510 e. The monoisotopic (exact) mass is 228 g/mol. The summed E-state index contributed by atoms with van der Waals surface area (Å²) >= 11 is 0. The zero-order valence-corrected chi connectivity index (χ0v) is 11.3. The minimum atomic E-state index is 0.584. The molecule has 0 aromatic heterocycles. The van der Waals surface area contributed by atoms with Crippen LogP contribution in [-0.2, 0) is 4.74 Å². The van der Waals surface area contributed by atoms with Crippen molar-refractivity contribution in [3.63, 3.8) is 0 Å². The van der Waals surface area contributed by atoms with Gasteiger partial charge in [0.1, 0.15) is 0 Å². The number of hydrogen-bond acceptors (Lipinski definition) is 3. The standard InChI is InChI=1S/C13H28N2O/c1-5-15(8-11(2)3)9-13(14-4)12-6-7-16-10-12/h11-14H,5-10H2,1-4H3. The Morgan fingerprint density at radius 3 is 2.56 bits per heavy atom. The molecule has 16 heavy (non-hydrogen) atoms. The van der Waals surface area contributed by atoms with Crippen LogP contribution in [0.25, 0.3) is 0 Å². The molecule has 1 heterocycles. The van der Waals surface area contributed by atoms with Crippen LogP contribution in [0.3, 0.4) is 0 Å². The zero-order chi connectivity index (χ0) is 12.0. The van der Waals surface area contributed by atoms with Gasteiger partial charge < -0.3 is 15.0 Å². The average Bonchev–Trinajstić information content (AvgIpc) is 2.76. The Bertz CT molecular complexity index is 179. The van der Waals surface area contributed by atoms with Crippen molar-refractivity contribution < 1.29 is 4.74 Å². The molecular formula is C13H28N2O. The molecule has 2 unspecified atom stereocenters. The fourth-order valence-electron chi connectivity index (χ4n) is 2.47. The topological polar surface area (TPSA) is 24.5 Å². The molecule has 0 spiro atoms. The lowest BCUT2D eigenvalue weighted by Gasteiger charge is -2.30. The smallest absolute Gasteiger partial charge is 0.0510 e. The van der Waals surface area contributed by atoms with E-state index in [0.717, 1.165) is 32.2 Å². The summed E-state index contributed by atoms with van der Waals surface area (Å²) in [5.41, 5.74) is 0. The molecule has 1 aliphatic heterocycles. The van der Waals surface area contributed by atoms with Crippen molar-refractivity contribution in [3.8, 4) is 0 Å². The molecule has 1 N–H and O–H groups in total. The van der Waals surface area contributed by atoms with E-state index in [0.29, 0.717) is 12.0 Å². The van der Waals surface area contributed by atoms with Crippen molar-refractivity contribution in [3.05, 3.63) is 0 Å². The molecular weight excluding hydrogens is 200 g/mol. The quantitative estimate of drug-likeness (QED) is 0.716. The average molecular weight is 228 g/mol. The van der Waals surface area contributed by atoms with Crippen molar-refractivity contribution in [1.82, 2.24) is 10.2 Å². The first-order chi connectivity index (χ1) is 7.67. The third-order valence-electron chi connectivity index (χ3n) is 3.43. The number of likely N-dealkylation sites (N-methyl/N-ethyl adjacent to an activating group) is 2. The fraction of sp³-hybridized carbons (Fsp3) is 1.00. The van der Waals surface area contributed by atoms with Crippen LogP contribution in [0.1, 0.15) is 27.2 Å². The van der Waals surface area contributed by atoms with Crippen molar-refractivity contribution in [1.29, 1.82) is 0 Å². The van der Waals surface area contributed by atoms with E-state index in [4.69, 9.17) is 4.74 Å². The van der Waals surface area contributed by atoms with Gasteiger partial charge in [0.15, 0.2) is 0 Å². The minimum Gasteiger partial charge on any atom is -0.381 e. The lowest BCUT2D eigenvalue weighted by atomic mass is 9.98. The molecule has 1 rings (SSSR count). The predicted octanol–water partition coefficient (Wildman–Crippen LogP) is 1.59. The van der Waals surface area contributed by atoms with Gasteiger partial charge in [-0.3, -0.25) is 0 Å². The van der Waals surface area contributed by atoms with Crippen LogP contribution in [0.4, 0.5) is 0 Å². The maximum absolute atomic E-state index is 5.48. The van der Waals surface area contributed by atoms with Crippen LogP contribution in [0, 0.1) is 11.8 Å². The number of ether oxygens (including phenoxy) is 1. The first kappa shape index (κ1) is 13.9. The predicted molar refractivity (Wildman–Crippen MR) is 68.7 cm³/mol. The van der Waals surface area contributed by atoms with Crippen molar-refractivity contribution in [2.24, 2.45) is 11.8 Å². The van der Waals surface area contributed by atoms with Gasteiger partial charge in [-0.15, -0.1) is 0 Å². The van der Waals surface area contributed by atoms with Crippen LogP contribution < -0.4 is 5.32 Å². The molecule has 0 aromatic rings. The summed E-state index contributed by atoms with van der Waals surface area (Å²) in [5, 5.41) is 3.46. The minimum absolute atomic E-state index is 0.584. The summed E-state index contributed by atoms with van der Waals surface area (Å²) in [6.07, 6.45) is 1.21. The number of nitrogens with one attached hydrogen (secondary N) is 1. The summed E-state index contributed by atoms with van der Waals surface area (Å²) in [4.78, 5) is 2.55. The lowest BCUT2D eigenvalue weighted by molar-refractivity contribution is 0.160. The molecule has 0 radical (unpaired) electrons. The largest absolute Gasteiger partial charge is 0.381 e. The van der Waals surface area contributed by atoms with E-state index >= 15 is 0 Å². The van der Waals surface area contributed by atoms with Crippen LogP contribution in [0.5, 0.6) is 0 Å². The van der Waals surface area contributed by atoms with Gasteiger partial charge in [-0.05, 0) is 25.9 Å². The summed E-state index contributed by atoms with van der Waals surface area (Å²) in [7, 11) is 2.08. The second-order valence-corrected chi connectivity index (χ2v) is 5.26. The first-order valence-electron chi connectivity index (χ1n) is 6.64. The van der Waals surface area contributed by atoms with Crippen molar-refractivity contribution in [2.75, 3.05) is 39.9 Å². The molecule has 1 saturated heterocycles. The van der Waals surface area contributed by atoms with Crippen LogP contribution in [-0.4, -0.2) is 50.8 Å². The van der Waals surface area contributed by atoms with Crippen LogP contribution in [0.2, 0.25) is 0 Å². The second-order valence-electron chi connectivity index (χ2n) is 5.26. The van der Waals surface area contributed by atoms with E-state index in [1.807, 2.05) is 0 Å². The SMILES string of the molecule is CCN(CC(C)C)CC(NC)C1CCOC1. The van der Waals surface area contributed by atoms with Gasteiger partial charge in [0.2, 0.25) is 0 Å². The van der Waals surface area contributed by atoms with Gasteiger partial charge >= 0.3 is 0 Å². The van der Waals surface area contributed by atoms with Gasteiger partial charge in [0, 0.05) is 31.7 Å². The summed E-state index contributed by atoms with van der Waals surface area (Å²) in [6.45, 7) is 12.2. The number of rotatable bonds is 7. The Morgan fingerprint density at radius 2 is 2.12 bits per heavy atom. The third kappa shape index (κ3) is 4.40. The van der Waals surface area contributed by atoms with Crippen molar-refractivity contribution >= 4 is 0 Å². The van der Waals surface area contributed by atoms with E-state index in [2.05, 4.69) is 38.0 Å². The van der Waals surface area contributed by atoms with Crippen LogP contribution >= 0.6 is 0 Å². The van der Waals surface area contributed by atoms with E-state index in [9.17, 15) is 0 Å². The molecule has 0 saturated carbocycles. The summed E-state index contributed by atoms with van der Waals surface area (Å²) < 4.78 is 5.48. The molecule has 2 atom stereocenters. The lowest BCUT2D eigenvalue weighted by Crippen LogP contribution is -2.45. The highest BCUT2D eigenvalue weighted by atomic mass is 16.5. The normalized spacial score (nSPS) is 23.2. The van der Waals surface area contributed by atoms with Gasteiger partial charge in [-0.2, -0.15) is 0 Å². The Kier molecular flexibility index (Phi) is 6.32. The highest BCUT2D eigenvalue weighted by Gasteiger charge is 2.25. The second kappa shape index (κ2) is 7.25. The van der Waals surface area contributed by atoms with E-state index in [-0.39, 0.29) is 0 Å². The molecule has 3 nitrogen and oxygen atoms in total. The number of hydrogen-bond donors (Lipinski definition) is 1. The summed E-state index contributed by atoms with van der Waals surface area (Å²) in [6, 6.07) is 0.584. The van der Waals surface area contributed by atoms with E-state index < -0.39 is 0 Å². The molecule has 1 fully saturated rings. The molecule has 1 aliphatic rings. The Hall–Kier alpha value is -0.120. The summed E-state index contributed by atoms with van der Waals surface area (Å²) in [5.74, 6) is 1.45.